The summed E-state index contributed by atoms with van der Waals surface area (Å²) in [5.74, 6) is 4.32. The third-order valence-electron chi connectivity index (χ3n) is 2.80. The van der Waals surface area contributed by atoms with Crippen molar-refractivity contribution in [3.8, 4) is 0 Å². The van der Waals surface area contributed by atoms with Crippen LogP contribution in [0.25, 0.3) is 0 Å². The van der Waals surface area contributed by atoms with Crippen LogP contribution in [-0.2, 0) is 9.71 Å². The second kappa shape index (κ2) is 5.52. The highest BCUT2D eigenvalue weighted by Gasteiger charge is 2.13. The maximum absolute atomic E-state index is 12.5. The smallest absolute Gasteiger partial charge is 0.0558 e. The Labute approximate surface area is 105 Å². The Kier molecular flexibility index (Phi) is 4.54. The summed E-state index contributed by atoms with van der Waals surface area (Å²) in [5.41, 5.74) is 1.25. The molecule has 0 radical (unpaired) electrons. The normalized spacial score (nSPS) is 14.9. The van der Waals surface area contributed by atoms with Gasteiger partial charge in [-0.1, -0.05) is 32.1 Å². The molecular weight excluding hydrogens is 230 g/mol. The van der Waals surface area contributed by atoms with E-state index in [1.807, 2.05) is 24.3 Å². The molecule has 0 saturated carbocycles. The number of hydrogen-bond acceptors (Lipinski definition) is 1. The van der Waals surface area contributed by atoms with E-state index in [9.17, 15) is 4.21 Å². The van der Waals surface area contributed by atoms with Crippen molar-refractivity contribution in [2.45, 2.75) is 24.7 Å². The lowest BCUT2D eigenvalue weighted by Crippen LogP contribution is -2.26. The number of hydrogen-bond donors (Lipinski definition) is 0. The van der Waals surface area contributed by atoms with Crippen LogP contribution in [0.5, 0.6) is 0 Å². The van der Waals surface area contributed by atoms with Gasteiger partial charge in [0.2, 0.25) is 0 Å². The van der Waals surface area contributed by atoms with Gasteiger partial charge >= 0.3 is 0 Å². The van der Waals surface area contributed by atoms with Gasteiger partial charge in [-0.15, -0.1) is 6.58 Å². The summed E-state index contributed by atoms with van der Waals surface area (Å²) in [4.78, 5) is 0.770. The van der Waals surface area contributed by atoms with Gasteiger partial charge in [0, 0.05) is 11.4 Å². The minimum atomic E-state index is -2.38. The Bertz CT molecular complexity index is 471. The van der Waals surface area contributed by atoms with E-state index in [0.29, 0.717) is 12.5 Å². The van der Waals surface area contributed by atoms with Gasteiger partial charge in [-0.05, 0) is 36.5 Å². The maximum Gasteiger partial charge on any atom is 0.0558 e. The van der Waals surface area contributed by atoms with E-state index >= 15 is 0 Å². The topological polar surface area (TPSA) is 20.3 Å². The zero-order valence-electron chi connectivity index (χ0n) is 10.8. The first kappa shape index (κ1) is 14.0. The zero-order valence-corrected chi connectivity index (χ0v) is 11.7. The highest BCUT2D eigenvalue weighted by atomic mass is 32.2. The third-order valence-corrected chi connectivity index (χ3v) is 4.97. The molecule has 0 saturated heterocycles. The molecule has 0 spiro atoms. The molecule has 1 aromatic rings. The largest absolute Gasteiger partial charge is 0.248 e. The molecule has 1 atom stereocenters. The molecule has 0 aromatic heterocycles. The van der Waals surface area contributed by atoms with Gasteiger partial charge < -0.3 is 0 Å². The van der Waals surface area contributed by atoms with Gasteiger partial charge in [0.15, 0.2) is 0 Å². The second-order valence-corrected chi connectivity index (χ2v) is 6.84. The van der Waals surface area contributed by atoms with E-state index in [1.165, 1.54) is 5.56 Å². The molecular formula is C14H21NOS. The maximum atomic E-state index is 12.5. The summed E-state index contributed by atoms with van der Waals surface area (Å²) in [6, 6.07) is 7.85. The summed E-state index contributed by atoms with van der Waals surface area (Å²) in [5, 5.41) is 0. The highest BCUT2D eigenvalue weighted by molar-refractivity contribution is 7.98. The van der Waals surface area contributed by atoms with Crippen molar-refractivity contribution in [2.75, 3.05) is 13.6 Å². The predicted molar refractivity (Wildman–Crippen MR) is 76.9 cm³/mol. The van der Waals surface area contributed by atoms with Crippen molar-refractivity contribution < 1.29 is 4.21 Å². The molecule has 0 aliphatic heterocycles. The lowest BCUT2D eigenvalue weighted by Gasteiger charge is -2.20. The minimum Gasteiger partial charge on any atom is -0.248 e. The molecule has 3 heteroatoms. The molecule has 0 fully saturated rings. The molecule has 0 aliphatic rings. The zero-order chi connectivity index (χ0) is 13.1. The molecule has 1 rings (SSSR count). The number of likely N-dealkylation sites (N-methyl/N-ethyl adjacent to an activating group) is 1. The molecule has 0 heterocycles. The fraction of sp³-hybridized carbons (Fsp3) is 0.357. The number of benzene rings is 1. The van der Waals surface area contributed by atoms with Gasteiger partial charge in [-0.2, -0.15) is 0 Å². The summed E-state index contributed by atoms with van der Waals surface area (Å²) >= 11 is 0. The fourth-order valence-corrected chi connectivity index (χ4v) is 2.81. The monoisotopic (exact) mass is 251 g/mol. The SMILES string of the molecule is C=CCN(C)S(=C)(=O)c1ccc(C(C)C)cc1. The Morgan fingerprint density at radius 2 is 1.88 bits per heavy atom. The average Bonchev–Trinajstić information content (AvgIpc) is 2.29. The molecule has 94 valence electrons. The first-order valence-electron chi connectivity index (χ1n) is 5.69. The number of rotatable bonds is 5. The first-order valence-corrected chi connectivity index (χ1v) is 7.37. The summed E-state index contributed by atoms with van der Waals surface area (Å²) in [6.07, 6.45) is 1.73. The van der Waals surface area contributed by atoms with E-state index in [2.05, 4.69) is 26.3 Å². The van der Waals surface area contributed by atoms with Crippen LogP contribution in [0.2, 0.25) is 0 Å². The van der Waals surface area contributed by atoms with Gasteiger partial charge in [-0.25, -0.2) is 8.51 Å². The van der Waals surface area contributed by atoms with Gasteiger partial charge in [0.25, 0.3) is 0 Å². The molecule has 0 aliphatic carbocycles. The van der Waals surface area contributed by atoms with Crippen LogP contribution in [0, 0.1) is 0 Å². The number of nitrogens with zero attached hydrogens (tertiary/aromatic N) is 1. The summed E-state index contributed by atoms with van der Waals surface area (Å²) in [7, 11) is -0.583. The van der Waals surface area contributed by atoms with E-state index in [0.717, 1.165) is 4.90 Å². The van der Waals surface area contributed by atoms with Crippen molar-refractivity contribution in [2.24, 2.45) is 0 Å². The van der Waals surface area contributed by atoms with Crippen molar-refractivity contribution in [3.05, 3.63) is 42.5 Å². The van der Waals surface area contributed by atoms with Crippen LogP contribution < -0.4 is 0 Å². The van der Waals surface area contributed by atoms with E-state index in [4.69, 9.17) is 0 Å². The van der Waals surface area contributed by atoms with Crippen molar-refractivity contribution >= 4 is 15.6 Å². The summed E-state index contributed by atoms with van der Waals surface area (Å²) in [6.45, 7) is 8.49. The highest BCUT2D eigenvalue weighted by Crippen LogP contribution is 2.19. The van der Waals surface area contributed by atoms with Gasteiger partial charge in [-0.3, -0.25) is 0 Å². The molecule has 0 bridgehead atoms. The Morgan fingerprint density at radius 1 is 1.35 bits per heavy atom. The molecule has 2 nitrogen and oxygen atoms in total. The Balaban J connectivity index is 3.04. The first-order chi connectivity index (χ1) is 7.89. The Morgan fingerprint density at radius 3 is 2.29 bits per heavy atom. The van der Waals surface area contributed by atoms with E-state index in [1.54, 1.807) is 17.4 Å². The quantitative estimate of drug-likeness (QED) is 0.582. The van der Waals surface area contributed by atoms with Gasteiger partial charge in [0.1, 0.15) is 0 Å². The lowest BCUT2D eigenvalue weighted by molar-refractivity contribution is 0.565. The second-order valence-electron chi connectivity index (χ2n) is 4.46. The van der Waals surface area contributed by atoms with Crippen LogP contribution >= 0.6 is 0 Å². The van der Waals surface area contributed by atoms with Crippen molar-refractivity contribution in [1.29, 1.82) is 0 Å². The molecule has 0 amide bonds. The van der Waals surface area contributed by atoms with Crippen LogP contribution in [0.15, 0.2) is 41.8 Å². The molecule has 17 heavy (non-hydrogen) atoms. The van der Waals surface area contributed by atoms with Crippen LogP contribution in [0.1, 0.15) is 25.3 Å². The van der Waals surface area contributed by atoms with E-state index < -0.39 is 9.71 Å². The minimum absolute atomic E-state index is 0.482. The Hall–Kier alpha value is -1.06. The van der Waals surface area contributed by atoms with Crippen molar-refractivity contribution in [1.82, 2.24) is 4.31 Å². The van der Waals surface area contributed by atoms with Crippen LogP contribution in [-0.4, -0.2) is 28.0 Å². The van der Waals surface area contributed by atoms with Gasteiger partial charge in [0.05, 0.1) is 9.71 Å². The van der Waals surface area contributed by atoms with E-state index in [-0.39, 0.29) is 0 Å². The molecule has 1 unspecified atom stereocenters. The lowest BCUT2D eigenvalue weighted by atomic mass is 10.0. The molecule has 0 N–H and O–H groups in total. The summed E-state index contributed by atoms with van der Waals surface area (Å²) < 4.78 is 14.3. The fourth-order valence-electron chi connectivity index (χ4n) is 1.55. The van der Waals surface area contributed by atoms with Crippen LogP contribution in [0.3, 0.4) is 0 Å². The predicted octanol–water partition coefficient (Wildman–Crippen LogP) is 2.92. The average molecular weight is 251 g/mol. The third kappa shape index (κ3) is 3.20. The van der Waals surface area contributed by atoms with Crippen molar-refractivity contribution in [3.63, 3.8) is 0 Å². The van der Waals surface area contributed by atoms with Crippen LogP contribution in [0.4, 0.5) is 0 Å². The standard InChI is InChI=1S/C14H21NOS/c1-6-11-15(4)17(5,16)14-9-7-13(8-10-14)12(2)3/h6-10,12H,1,5,11H2,2-4H3. The molecule has 1 aromatic carbocycles.